The Balaban J connectivity index is 1.82. The standard InChI is InChI=1S/C16H14ClFN2O2/c17-12-5-3-6-13(10-12)20-16(22)15(21)19-9-8-11-4-1-2-7-14(11)18/h1-7,10H,8-9H2,(H,19,21)(H,20,22). The third kappa shape index (κ3) is 4.56. The number of hydrogen-bond donors (Lipinski definition) is 2. The lowest BCUT2D eigenvalue weighted by atomic mass is 10.1. The lowest BCUT2D eigenvalue weighted by Crippen LogP contribution is -2.36. The van der Waals surface area contributed by atoms with E-state index in [0.717, 1.165) is 0 Å². The van der Waals surface area contributed by atoms with Crippen molar-refractivity contribution in [2.24, 2.45) is 0 Å². The summed E-state index contributed by atoms with van der Waals surface area (Å²) in [6, 6.07) is 12.8. The minimum absolute atomic E-state index is 0.169. The van der Waals surface area contributed by atoms with E-state index in [1.54, 1.807) is 36.4 Å². The van der Waals surface area contributed by atoms with Crippen molar-refractivity contribution in [1.82, 2.24) is 5.32 Å². The van der Waals surface area contributed by atoms with Crippen molar-refractivity contribution >= 4 is 29.1 Å². The highest BCUT2D eigenvalue weighted by atomic mass is 35.5. The molecule has 0 saturated heterocycles. The van der Waals surface area contributed by atoms with E-state index in [9.17, 15) is 14.0 Å². The molecule has 2 aromatic carbocycles. The minimum atomic E-state index is -0.796. The third-order valence-electron chi connectivity index (χ3n) is 2.93. The van der Waals surface area contributed by atoms with Gasteiger partial charge in [0.2, 0.25) is 0 Å². The molecule has 2 rings (SSSR count). The predicted octanol–water partition coefficient (Wildman–Crippen LogP) is 2.78. The Kier molecular flexibility index (Phi) is 5.49. The first-order valence-electron chi connectivity index (χ1n) is 6.64. The highest BCUT2D eigenvalue weighted by Crippen LogP contribution is 2.14. The van der Waals surface area contributed by atoms with Crippen LogP contribution in [-0.4, -0.2) is 18.4 Å². The van der Waals surface area contributed by atoms with E-state index in [0.29, 0.717) is 22.7 Å². The Morgan fingerprint density at radius 1 is 1.05 bits per heavy atom. The van der Waals surface area contributed by atoms with Crippen LogP contribution in [0.5, 0.6) is 0 Å². The topological polar surface area (TPSA) is 58.2 Å². The van der Waals surface area contributed by atoms with Crippen LogP contribution in [-0.2, 0) is 16.0 Å². The highest BCUT2D eigenvalue weighted by Gasteiger charge is 2.13. The molecule has 0 bridgehead atoms. The van der Waals surface area contributed by atoms with Gasteiger partial charge in [0.05, 0.1) is 0 Å². The van der Waals surface area contributed by atoms with Gasteiger partial charge in [-0.15, -0.1) is 0 Å². The summed E-state index contributed by atoms with van der Waals surface area (Å²) < 4.78 is 13.4. The van der Waals surface area contributed by atoms with E-state index in [1.807, 2.05) is 0 Å². The van der Waals surface area contributed by atoms with Gasteiger partial charge in [0.1, 0.15) is 5.82 Å². The molecule has 0 aliphatic carbocycles. The second-order valence-corrected chi connectivity index (χ2v) is 5.00. The van der Waals surface area contributed by atoms with Crippen LogP contribution in [0.3, 0.4) is 0 Å². The van der Waals surface area contributed by atoms with Crippen LogP contribution in [0.1, 0.15) is 5.56 Å². The van der Waals surface area contributed by atoms with E-state index in [-0.39, 0.29) is 12.4 Å². The van der Waals surface area contributed by atoms with Crippen LogP contribution in [0, 0.1) is 5.82 Å². The molecule has 0 aromatic heterocycles. The Morgan fingerprint density at radius 3 is 2.55 bits per heavy atom. The SMILES string of the molecule is O=C(NCCc1ccccc1F)C(=O)Nc1cccc(Cl)c1. The van der Waals surface area contributed by atoms with Gasteiger partial charge in [-0.3, -0.25) is 9.59 Å². The quantitative estimate of drug-likeness (QED) is 0.851. The van der Waals surface area contributed by atoms with Crippen LogP contribution in [0.4, 0.5) is 10.1 Å². The summed E-state index contributed by atoms with van der Waals surface area (Å²) in [6.07, 6.45) is 0.308. The molecule has 22 heavy (non-hydrogen) atoms. The van der Waals surface area contributed by atoms with E-state index >= 15 is 0 Å². The van der Waals surface area contributed by atoms with E-state index in [2.05, 4.69) is 10.6 Å². The maximum atomic E-state index is 13.4. The molecule has 4 nitrogen and oxygen atoms in total. The molecule has 0 atom stereocenters. The fraction of sp³-hybridized carbons (Fsp3) is 0.125. The van der Waals surface area contributed by atoms with Crippen LogP contribution < -0.4 is 10.6 Å². The molecule has 0 radical (unpaired) electrons. The van der Waals surface area contributed by atoms with Crippen molar-refractivity contribution in [3.8, 4) is 0 Å². The molecule has 6 heteroatoms. The van der Waals surface area contributed by atoms with Gasteiger partial charge in [-0.05, 0) is 36.2 Å². The first-order valence-corrected chi connectivity index (χ1v) is 7.02. The molecule has 0 spiro atoms. The molecule has 114 valence electrons. The fourth-order valence-corrected chi connectivity index (χ4v) is 2.04. The monoisotopic (exact) mass is 320 g/mol. The molecule has 2 amide bonds. The second kappa shape index (κ2) is 7.56. The number of carbonyl (C=O) groups excluding carboxylic acids is 2. The minimum Gasteiger partial charge on any atom is -0.347 e. The van der Waals surface area contributed by atoms with E-state index in [4.69, 9.17) is 11.6 Å². The number of hydrogen-bond acceptors (Lipinski definition) is 2. The van der Waals surface area contributed by atoms with Gasteiger partial charge in [0.15, 0.2) is 0 Å². The number of benzene rings is 2. The van der Waals surface area contributed by atoms with Crippen molar-refractivity contribution in [3.05, 3.63) is 64.9 Å². The normalized spacial score (nSPS) is 10.1. The van der Waals surface area contributed by atoms with Crippen LogP contribution in [0.15, 0.2) is 48.5 Å². The average Bonchev–Trinajstić information content (AvgIpc) is 2.49. The summed E-state index contributed by atoms with van der Waals surface area (Å²) in [5, 5.41) is 5.33. The molecule has 0 fully saturated rings. The van der Waals surface area contributed by atoms with Crippen molar-refractivity contribution in [2.75, 3.05) is 11.9 Å². The summed E-state index contributed by atoms with van der Waals surface area (Å²) in [5.41, 5.74) is 0.916. The summed E-state index contributed by atoms with van der Waals surface area (Å²) in [5.74, 6) is -1.91. The number of amides is 2. The Morgan fingerprint density at radius 2 is 1.82 bits per heavy atom. The first kappa shape index (κ1) is 16.0. The molecule has 0 unspecified atom stereocenters. The molecule has 2 aromatic rings. The zero-order valence-corrected chi connectivity index (χ0v) is 12.4. The highest BCUT2D eigenvalue weighted by molar-refractivity contribution is 6.39. The van der Waals surface area contributed by atoms with Gasteiger partial charge < -0.3 is 10.6 Å². The summed E-state index contributed by atoms with van der Waals surface area (Å²) >= 11 is 5.79. The van der Waals surface area contributed by atoms with Gasteiger partial charge in [-0.1, -0.05) is 35.9 Å². The molecule has 0 heterocycles. The summed E-state index contributed by atoms with van der Waals surface area (Å²) in [6.45, 7) is 0.169. The lowest BCUT2D eigenvalue weighted by molar-refractivity contribution is -0.136. The van der Waals surface area contributed by atoms with Crippen molar-refractivity contribution in [1.29, 1.82) is 0 Å². The fourth-order valence-electron chi connectivity index (χ4n) is 1.85. The zero-order chi connectivity index (χ0) is 15.9. The molecule has 0 aliphatic heterocycles. The maximum absolute atomic E-state index is 13.4. The van der Waals surface area contributed by atoms with Crippen LogP contribution in [0.25, 0.3) is 0 Å². The average molecular weight is 321 g/mol. The third-order valence-corrected chi connectivity index (χ3v) is 3.16. The predicted molar refractivity (Wildman–Crippen MR) is 83.2 cm³/mol. The number of rotatable bonds is 4. The smallest absolute Gasteiger partial charge is 0.313 e. The molecule has 0 aliphatic rings. The van der Waals surface area contributed by atoms with Crippen molar-refractivity contribution in [2.45, 2.75) is 6.42 Å². The Hall–Kier alpha value is -2.40. The number of halogens is 2. The maximum Gasteiger partial charge on any atom is 0.313 e. The van der Waals surface area contributed by atoms with Gasteiger partial charge in [-0.2, -0.15) is 0 Å². The van der Waals surface area contributed by atoms with Gasteiger partial charge in [-0.25, -0.2) is 4.39 Å². The van der Waals surface area contributed by atoms with Gasteiger partial charge in [0, 0.05) is 17.3 Å². The Bertz CT molecular complexity index is 691. The van der Waals surface area contributed by atoms with Crippen LogP contribution in [0.2, 0.25) is 5.02 Å². The molecular formula is C16H14ClFN2O2. The van der Waals surface area contributed by atoms with E-state index < -0.39 is 11.8 Å². The Labute approximate surface area is 132 Å². The summed E-state index contributed by atoms with van der Waals surface area (Å²) in [7, 11) is 0. The van der Waals surface area contributed by atoms with Gasteiger partial charge >= 0.3 is 11.8 Å². The second-order valence-electron chi connectivity index (χ2n) is 4.56. The lowest BCUT2D eigenvalue weighted by Gasteiger charge is -2.07. The molecular weight excluding hydrogens is 307 g/mol. The number of anilines is 1. The largest absolute Gasteiger partial charge is 0.347 e. The van der Waals surface area contributed by atoms with Crippen LogP contribution >= 0.6 is 11.6 Å². The number of carbonyl (C=O) groups is 2. The van der Waals surface area contributed by atoms with E-state index in [1.165, 1.54) is 12.1 Å². The first-order chi connectivity index (χ1) is 10.6. The van der Waals surface area contributed by atoms with Gasteiger partial charge in [0.25, 0.3) is 0 Å². The van der Waals surface area contributed by atoms with Crippen molar-refractivity contribution < 1.29 is 14.0 Å². The molecule has 0 saturated carbocycles. The summed E-state index contributed by atoms with van der Waals surface area (Å²) in [4.78, 5) is 23.4. The molecule has 2 N–H and O–H groups in total. The van der Waals surface area contributed by atoms with Crippen molar-refractivity contribution in [3.63, 3.8) is 0 Å². The zero-order valence-electron chi connectivity index (χ0n) is 11.6. The number of nitrogens with one attached hydrogen (secondary N) is 2.